The summed E-state index contributed by atoms with van der Waals surface area (Å²) in [6, 6.07) is 8.80. The van der Waals surface area contributed by atoms with E-state index in [4.69, 9.17) is 4.74 Å². The van der Waals surface area contributed by atoms with E-state index in [1.807, 2.05) is 13.8 Å². The van der Waals surface area contributed by atoms with E-state index >= 15 is 0 Å². The number of aromatic amines is 1. The lowest BCUT2D eigenvalue weighted by Gasteiger charge is -2.53. The molecule has 2 aliphatic carbocycles. The maximum Gasteiger partial charge on any atom is 0.0860 e. The number of hydrogen-bond acceptors (Lipinski definition) is 2. The van der Waals surface area contributed by atoms with Crippen molar-refractivity contribution in [3.05, 3.63) is 59.8 Å². The van der Waals surface area contributed by atoms with Gasteiger partial charge in [-0.25, -0.2) is 0 Å². The highest BCUT2D eigenvalue weighted by molar-refractivity contribution is 5.85. The van der Waals surface area contributed by atoms with E-state index in [0.717, 1.165) is 25.7 Å². The minimum Gasteiger partial charge on any atom is -0.388 e. The van der Waals surface area contributed by atoms with Crippen molar-refractivity contribution < 1.29 is 9.84 Å². The van der Waals surface area contributed by atoms with Gasteiger partial charge in [-0.15, -0.1) is 6.58 Å². The fourth-order valence-electron chi connectivity index (χ4n) is 8.26. The number of fused-ring (bicyclic) bond motifs is 4. The smallest absolute Gasteiger partial charge is 0.0860 e. The van der Waals surface area contributed by atoms with Crippen LogP contribution in [0.25, 0.3) is 10.9 Å². The molecule has 3 heteroatoms. The number of rotatable bonds is 5. The first-order chi connectivity index (χ1) is 16.8. The zero-order valence-corrected chi connectivity index (χ0v) is 23.6. The van der Waals surface area contributed by atoms with Gasteiger partial charge in [0.05, 0.1) is 17.8 Å². The molecule has 0 bridgehead atoms. The van der Waals surface area contributed by atoms with Crippen LogP contribution in [0.2, 0.25) is 0 Å². The summed E-state index contributed by atoms with van der Waals surface area (Å²) in [5, 5.41) is 12.1. The summed E-state index contributed by atoms with van der Waals surface area (Å²) in [6.07, 6.45) is 11.3. The number of H-pyrrole nitrogens is 1. The van der Waals surface area contributed by atoms with Crippen molar-refractivity contribution in [2.45, 2.75) is 110 Å². The van der Waals surface area contributed by atoms with Crippen molar-refractivity contribution in [3.8, 4) is 0 Å². The van der Waals surface area contributed by atoms with Crippen molar-refractivity contribution in [2.24, 2.45) is 22.7 Å². The lowest BCUT2D eigenvalue weighted by molar-refractivity contribution is -0.200. The summed E-state index contributed by atoms with van der Waals surface area (Å²) >= 11 is 0. The Kier molecular flexibility index (Phi) is 6.16. The second kappa shape index (κ2) is 8.60. The highest BCUT2D eigenvalue weighted by Gasteiger charge is 2.59. The Morgan fingerprint density at radius 3 is 2.56 bits per heavy atom. The van der Waals surface area contributed by atoms with E-state index in [0.29, 0.717) is 11.8 Å². The highest BCUT2D eigenvalue weighted by Crippen LogP contribution is 2.64. The van der Waals surface area contributed by atoms with Crippen LogP contribution in [0.5, 0.6) is 0 Å². The first-order valence-corrected chi connectivity index (χ1v) is 14.1. The predicted molar refractivity (Wildman–Crippen MR) is 150 cm³/mol. The lowest BCUT2D eigenvalue weighted by atomic mass is 9.56. The van der Waals surface area contributed by atoms with Gasteiger partial charge in [-0.2, -0.15) is 0 Å². The molecule has 1 aromatic carbocycles. The Bertz CT molecular complexity index is 1180. The maximum absolute atomic E-state index is 10.7. The van der Waals surface area contributed by atoms with Gasteiger partial charge in [0.2, 0.25) is 0 Å². The Balaban J connectivity index is 1.53. The molecule has 0 radical (unpaired) electrons. The number of ether oxygens (including phenoxy) is 1. The molecule has 3 aliphatic rings. The van der Waals surface area contributed by atoms with Crippen molar-refractivity contribution >= 4 is 10.9 Å². The quantitative estimate of drug-likeness (QED) is 0.420. The second-order valence-electron chi connectivity index (χ2n) is 13.7. The molecule has 5 rings (SSSR count). The molecule has 3 nitrogen and oxygen atoms in total. The molecule has 6 atom stereocenters. The summed E-state index contributed by atoms with van der Waals surface area (Å²) in [6.45, 7) is 19.9. The molecule has 0 unspecified atom stereocenters. The number of aliphatic hydroxyl groups is 1. The highest BCUT2D eigenvalue weighted by atomic mass is 16.5. The van der Waals surface area contributed by atoms with E-state index in [-0.39, 0.29) is 28.5 Å². The third-order valence-corrected chi connectivity index (χ3v) is 10.9. The van der Waals surface area contributed by atoms with Crippen LogP contribution in [0.4, 0.5) is 0 Å². The standard InChI is InChI=1S/C33H47NO2/c1-9-30(3,4)29-24(23-12-10-11-13-25(23)34-29)20-22-15-16-26-32(7)19-18-27(31(5,6)35)36-28(32)17-14-21(2)33(22,26)8/h9-14,22,26-28,34-35H,1,15-20H2,2-8H3/t22-,26-,27-,28-,32-,33-/m1/s1. The van der Waals surface area contributed by atoms with Gasteiger partial charge < -0.3 is 14.8 Å². The molecule has 2 N–H and O–H groups in total. The van der Waals surface area contributed by atoms with Crippen LogP contribution in [0.15, 0.2) is 48.6 Å². The van der Waals surface area contributed by atoms with E-state index in [9.17, 15) is 5.11 Å². The Morgan fingerprint density at radius 1 is 1.14 bits per heavy atom. The van der Waals surface area contributed by atoms with E-state index in [1.165, 1.54) is 35.0 Å². The monoisotopic (exact) mass is 489 g/mol. The minimum atomic E-state index is -0.794. The summed E-state index contributed by atoms with van der Waals surface area (Å²) in [4.78, 5) is 3.78. The van der Waals surface area contributed by atoms with Crippen LogP contribution in [0.3, 0.4) is 0 Å². The molecule has 1 saturated heterocycles. The molecule has 196 valence electrons. The van der Waals surface area contributed by atoms with E-state index in [2.05, 4.69) is 82.6 Å². The maximum atomic E-state index is 10.7. The van der Waals surface area contributed by atoms with Gasteiger partial charge in [0.1, 0.15) is 0 Å². The molecule has 2 heterocycles. The molecule has 1 saturated carbocycles. The Labute approximate surface area is 218 Å². The van der Waals surface area contributed by atoms with Gasteiger partial charge in [0.15, 0.2) is 0 Å². The number of para-hydroxylation sites is 1. The molecular formula is C33H47NO2. The molecule has 1 aliphatic heterocycles. The average Bonchev–Trinajstić information content (AvgIpc) is 3.35. The van der Waals surface area contributed by atoms with Crippen LogP contribution >= 0.6 is 0 Å². The minimum absolute atomic E-state index is 0.0826. The molecule has 36 heavy (non-hydrogen) atoms. The first-order valence-electron chi connectivity index (χ1n) is 14.1. The van der Waals surface area contributed by atoms with Crippen LogP contribution in [0.1, 0.15) is 91.8 Å². The van der Waals surface area contributed by atoms with E-state index in [1.54, 1.807) is 5.57 Å². The molecule has 1 aromatic heterocycles. The summed E-state index contributed by atoms with van der Waals surface area (Å²) in [7, 11) is 0. The van der Waals surface area contributed by atoms with E-state index < -0.39 is 5.60 Å². The van der Waals surface area contributed by atoms with Gasteiger partial charge in [0.25, 0.3) is 0 Å². The summed E-state index contributed by atoms with van der Waals surface area (Å²) in [5.74, 6) is 1.17. The number of aromatic nitrogens is 1. The van der Waals surface area contributed by atoms with Crippen LogP contribution in [0, 0.1) is 22.7 Å². The zero-order valence-electron chi connectivity index (χ0n) is 23.6. The molecular weight excluding hydrogens is 442 g/mol. The van der Waals surface area contributed by atoms with Gasteiger partial charge >= 0.3 is 0 Å². The topological polar surface area (TPSA) is 45.2 Å². The lowest BCUT2D eigenvalue weighted by Crippen LogP contribution is -2.54. The summed E-state index contributed by atoms with van der Waals surface area (Å²) in [5.41, 5.74) is 4.93. The predicted octanol–water partition coefficient (Wildman–Crippen LogP) is 7.88. The molecule has 0 spiro atoms. The van der Waals surface area contributed by atoms with Gasteiger partial charge in [-0.3, -0.25) is 0 Å². The SMILES string of the molecule is C=CC(C)(C)c1[nH]c2ccccc2c1C[C@H]1CC[C@@H]2[C@@]3(C)CC[C@H](C(C)(C)O)O[C@@H]3CC=C(C)[C@]12C. The molecule has 2 fully saturated rings. The number of benzene rings is 1. The second-order valence-corrected chi connectivity index (χ2v) is 13.7. The number of allylic oxidation sites excluding steroid dienone is 2. The number of nitrogens with one attached hydrogen (secondary N) is 1. The molecule has 2 aromatic rings. The van der Waals surface area contributed by atoms with Crippen molar-refractivity contribution in [1.29, 1.82) is 0 Å². The van der Waals surface area contributed by atoms with Gasteiger partial charge in [0, 0.05) is 22.0 Å². The van der Waals surface area contributed by atoms with Crippen molar-refractivity contribution in [2.75, 3.05) is 0 Å². The third-order valence-electron chi connectivity index (χ3n) is 10.9. The normalized spacial score (nSPS) is 35.2. The van der Waals surface area contributed by atoms with Gasteiger partial charge in [-0.1, -0.05) is 63.6 Å². The molecule has 0 amide bonds. The van der Waals surface area contributed by atoms with Crippen molar-refractivity contribution in [1.82, 2.24) is 4.98 Å². The first kappa shape index (κ1) is 25.8. The van der Waals surface area contributed by atoms with Crippen LogP contribution < -0.4 is 0 Å². The Hall–Kier alpha value is -1.84. The fourth-order valence-corrected chi connectivity index (χ4v) is 8.26. The number of hydrogen-bond donors (Lipinski definition) is 2. The van der Waals surface area contributed by atoms with Gasteiger partial charge in [-0.05, 0) is 93.6 Å². The fraction of sp³-hybridized carbons (Fsp3) is 0.636. The summed E-state index contributed by atoms with van der Waals surface area (Å²) < 4.78 is 6.71. The van der Waals surface area contributed by atoms with Crippen molar-refractivity contribution in [3.63, 3.8) is 0 Å². The van der Waals surface area contributed by atoms with Crippen LogP contribution in [-0.2, 0) is 16.6 Å². The zero-order chi connectivity index (χ0) is 26.1. The van der Waals surface area contributed by atoms with Crippen LogP contribution in [-0.4, -0.2) is 27.9 Å². The third kappa shape index (κ3) is 3.84. The Morgan fingerprint density at radius 2 is 1.86 bits per heavy atom. The average molecular weight is 490 g/mol. The largest absolute Gasteiger partial charge is 0.388 e.